The molecule has 1 aliphatic rings. The minimum absolute atomic E-state index is 0.288. The standard InChI is InChI=1S/C23H32N4O3S/c1-24-23(25-14-16-30-21-10-12-22(13-11-21)31(2,28)29)26-17-20-9-6-15-27(20)18-19-7-4-3-5-8-19/h3-5,7-8,10-13,20H,6,9,14-18H2,1-2H3,(H2,24,25,26). The molecule has 7 nitrogen and oxygen atoms in total. The molecule has 31 heavy (non-hydrogen) atoms. The first-order valence-corrected chi connectivity index (χ1v) is 12.5. The van der Waals surface area contributed by atoms with Gasteiger partial charge in [-0.3, -0.25) is 9.89 Å². The molecule has 0 aliphatic carbocycles. The summed E-state index contributed by atoms with van der Waals surface area (Å²) in [5.41, 5.74) is 1.35. The Balaban J connectivity index is 1.38. The summed E-state index contributed by atoms with van der Waals surface area (Å²) < 4.78 is 28.7. The molecule has 1 fully saturated rings. The number of rotatable bonds is 9. The molecule has 0 aromatic heterocycles. The number of nitrogens with one attached hydrogen (secondary N) is 2. The van der Waals surface area contributed by atoms with E-state index >= 15 is 0 Å². The Kier molecular flexibility index (Phi) is 8.31. The van der Waals surface area contributed by atoms with Crippen molar-refractivity contribution in [2.24, 2.45) is 4.99 Å². The van der Waals surface area contributed by atoms with Crippen molar-refractivity contribution in [1.82, 2.24) is 15.5 Å². The lowest BCUT2D eigenvalue weighted by Crippen LogP contribution is -2.45. The molecule has 2 N–H and O–H groups in total. The van der Waals surface area contributed by atoms with Crippen LogP contribution in [0.25, 0.3) is 0 Å². The van der Waals surface area contributed by atoms with Crippen molar-refractivity contribution >= 4 is 15.8 Å². The van der Waals surface area contributed by atoms with Crippen molar-refractivity contribution < 1.29 is 13.2 Å². The maximum atomic E-state index is 11.5. The molecule has 1 atom stereocenters. The van der Waals surface area contributed by atoms with Crippen molar-refractivity contribution in [3.63, 3.8) is 0 Å². The van der Waals surface area contributed by atoms with Gasteiger partial charge < -0.3 is 15.4 Å². The van der Waals surface area contributed by atoms with Gasteiger partial charge in [0.15, 0.2) is 15.8 Å². The number of ether oxygens (including phenoxy) is 1. The molecule has 3 rings (SSSR count). The van der Waals surface area contributed by atoms with Crippen LogP contribution in [0.4, 0.5) is 0 Å². The zero-order chi connectivity index (χ0) is 22.1. The van der Waals surface area contributed by atoms with Crippen LogP contribution in [0.1, 0.15) is 18.4 Å². The van der Waals surface area contributed by atoms with E-state index in [1.165, 1.54) is 24.7 Å². The Labute approximate surface area is 185 Å². The molecule has 0 spiro atoms. The summed E-state index contributed by atoms with van der Waals surface area (Å²) in [5.74, 6) is 1.39. The molecule has 168 valence electrons. The average molecular weight is 445 g/mol. The molecule has 2 aromatic carbocycles. The summed E-state index contributed by atoms with van der Waals surface area (Å²) in [6.45, 7) is 3.99. The summed E-state index contributed by atoms with van der Waals surface area (Å²) in [4.78, 5) is 7.11. The second-order valence-corrected chi connectivity index (χ2v) is 9.74. The van der Waals surface area contributed by atoms with E-state index in [9.17, 15) is 8.42 Å². The summed E-state index contributed by atoms with van der Waals surface area (Å²) in [6, 6.07) is 17.5. The van der Waals surface area contributed by atoms with Gasteiger partial charge in [0.1, 0.15) is 12.4 Å². The zero-order valence-corrected chi connectivity index (χ0v) is 19.1. The number of aliphatic imine (C=N–C) groups is 1. The van der Waals surface area contributed by atoms with Crippen molar-refractivity contribution in [3.8, 4) is 5.75 Å². The van der Waals surface area contributed by atoms with E-state index in [1.54, 1.807) is 31.3 Å². The number of guanidine groups is 1. The highest BCUT2D eigenvalue weighted by Crippen LogP contribution is 2.19. The maximum Gasteiger partial charge on any atom is 0.191 e. The SMILES string of the molecule is CN=C(NCCOc1ccc(S(C)(=O)=O)cc1)NCC1CCCN1Cc1ccccc1. The molecule has 0 bridgehead atoms. The summed E-state index contributed by atoms with van der Waals surface area (Å²) in [6.07, 6.45) is 3.60. The van der Waals surface area contributed by atoms with Gasteiger partial charge in [-0.2, -0.15) is 0 Å². The van der Waals surface area contributed by atoms with Gasteiger partial charge in [0.2, 0.25) is 0 Å². The number of benzene rings is 2. The van der Waals surface area contributed by atoms with E-state index in [0.717, 1.165) is 25.6 Å². The van der Waals surface area contributed by atoms with E-state index in [0.29, 0.717) is 24.9 Å². The van der Waals surface area contributed by atoms with Gasteiger partial charge in [0.25, 0.3) is 0 Å². The van der Waals surface area contributed by atoms with E-state index in [1.807, 2.05) is 0 Å². The minimum Gasteiger partial charge on any atom is -0.492 e. The normalized spacial score (nSPS) is 17.5. The molecule has 1 aliphatic heterocycles. The summed E-state index contributed by atoms with van der Waals surface area (Å²) in [7, 11) is -1.43. The first kappa shape index (κ1) is 23.1. The van der Waals surface area contributed by atoms with Crippen LogP contribution in [0.3, 0.4) is 0 Å². The van der Waals surface area contributed by atoms with Gasteiger partial charge in [-0.15, -0.1) is 0 Å². The number of likely N-dealkylation sites (tertiary alicyclic amines) is 1. The minimum atomic E-state index is -3.19. The fraction of sp³-hybridized carbons (Fsp3) is 0.435. The third kappa shape index (κ3) is 7.25. The largest absolute Gasteiger partial charge is 0.492 e. The van der Waals surface area contributed by atoms with Gasteiger partial charge in [0.05, 0.1) is 11.4 Å². The van der Waals surface area contributed by atoms with E-state index in [4.69, 9.17) is 4.74 Å². The molecule has 0 radical (unpaired) electrons. The van der Waals surface area contributed by atoms with Crippen LogP contribution in [-0.4, -0.2) is 64.9 Å². The number of hydrogen-bond acceptors (Lipinski definition) is 5. The number of hydrogen-bond donors (Lipinski definition) is 2. The first-order valence-electron chi connectivity index (χ1n) is 10.6. The molecule has 8 heteroatoms. The third-order valence-electron chi connectivity index (χ3n) is 5.37. The monoisotopic (exact) mass is 444 g/mol. The quantitative estimate of drug-likeness (QED) is 0.351. The zero-order valence-electron chi connectivity index (χ0n) is 18.3. The lowest BCUT2D eigenvalue weighted by Gasteiger charge is -2.25. The summed E-state index contributed by atoms with van der Waals surface area (Å²) >= 11 is 0. The molecule has 1 unspecified atom stereocenters. The van der Waals surface area contributed by atoms with Crippen molar-refractivity contribution in [2.45, 2.75) is 30.3 Å². The van der Waals surface area contributed by atoms with Crippen LogP contribution in [0, 0.1) is 0 Å². The van der Waals surface area contributed by atoms with Crippen LogP contribution < -0.4 is 15.4 Å². The smallest absolute Gasteiger partial charge is 0.191 e. The molecular formula is C23H32N4O3S. The third-order valence-corrected chi connectivity index (χ3v) is 6.50. The number of nitrogens with zero attached hydrogens (tertiary/aromatic N) is 2. The fourth-order valence-corrected chi connectivity index (χ4v) is 4.34. The molecule has 2 aromatic rings. The van der Waals surface area contributed by atoms with Gasteiger partial charge in [-0.05, 0) is 49.2 Å². The Hall–Kier alpha value is -2.58. The Morgan fingerprint density at radius 2 is 1.87 bits per heavy atom. The molecule has 1 heterocycles. The van der Waals surface area contributed by atoms with E-state index in [-0.39, 0.29) is 4.90 Å². The van der Waals surface area contributed by atoms with Gasteiger partial charge in [-0.25, -0.2) is 8.42 Å². The summed E-state index contributed by atoms with van der Waals surface area (Å²) in [5, 5.41) is 6.69. The molecule has 0 amide bonds. The Morgan fingerprint density at radius 1 is 1.13 bits per heavy atom. The highest BCUT2D eigenvalue weighted by atomic mass is 32.2. The van der Waals surface area contributed by atoms with Gasteiger partial charge in [0, 0.05) is 32.4 Å². The predicted molar refractivity (Wildman–Crippen MR) is 124 cm³/mol. The molecule has 1 saturated heterocycles. The van der Waals surface area contributed by atoms with Crippen LogP contribution in [0.15, 0.2) is 64.5 Å². The highest BCUT2D eigenvalue weighted by Gasteiger charge is 2.24. The second kappa shape index (κ2) is 11.2. The number of sulfone groups is 1. The van der Waals surface area contributed by atoms with Crippen LogP contribution in [0.2, 0.25) is 0 Å². The maximum absolute atomic E-state index is 11.5. The second-order valence-electron chi connectivity index (χ2n) is 7.72. The van der Waals surface area contributed by atoms with Crippen molar-refractivity contribution in [1.29, 1.82) is 0 Å². The fourth-order valence-electron chi connectivity index (χ4n) is 3.71. The van der Waals surface area contributed by atoms with Crippen LogP contribution in [0.5, 0.6) is 5.75 Å². The van der Waals surface area contributed by atoms with Crippen molar-refractivity contribution in [3.05, 3.63) is 60.2 Å². The Bertz CT molecular complexity index is 947. The molecular weight excluding hydrogens is 412 g/mol. The van der Waals surface area contributed by atoms with E-state index in [2.05, 4.69) is 50.9 Å². The topological polar surface area (TPSA) is 83.0 Å². The highest BCUT2D eigenvalue weighted by molar-refractivity contribution is 7.90. The average Bonchev–Trinajstić information content (AvgIpc) is 3.20. The Morgan fingerprint density at radius 3 is 2.55 bits per heavy atom. The first-order chi connectivity index (χ1) is 15.0. The lowest BCUT2D eigenvalue weighted by molar-refractivity contribution is 0.245. The van der Waals surface area contributed by atoms with Gasteiger partial charge >= 0.3 is 0 Å². The van der Waals surface area contributed by atoms with Crippen LogP contribution >= 0.6 is 0 Å². The lowest BCUT2D eigenvalue weighted by atomic mass is 10.2. The van der Waals surface area contributed by atoms with Gasteiger partial charge in [-0.1, -0.05) is 30.3 Å². The van der Waals surface area contributed by atoms with Crippen LogP contribution in [-0.2, 0) is 16.4 Å². The van der Waals surface area contributed by atoms with E-state index < -0.39 is 9.84 Å². The predicted octanol–water partition coefficient (Wildman–Crippen LogP) is 2.30. The molecule has 0 saturated carbocycles. The van der Waals surface area contributed by atoms with Crippen molar-refractivity contribution in [2.75, 3.05) is 39.5 Å².